The Morgan fingerprint density at radius 1 is 1.38 bits per heavy atom. The third-order valence-corrected chi connectivity index (χ3v) is 2.46. The van der Waals surface area contributed by atoms with Crippen molar-refractivity contribution < 1.29 is 18.1 Å². The van der Waals surface area contributed by atoms with Gasteiger partial charge in [-0.15, -0.1) is 0 Å². The third-order valence-electron chi connectivity index (χ3n) is 2.46. The number of hydrogen-bond acceptors (Lipinski definition) is 3. The quantitative estimate of drug-likeness (QED) is 0.598. The van der Waals surface area contributed by atoms with Crippen LogP contribution in [-0.2, 0) is 12.6 Å². The predicted molar refractivity (Wildman–Crippen MR) is 50.3 cm³/mol. The first-order valence-electron chi connectivity index (χ1n) is 4.52. The zero-order valence-electron chi connectivity index (χ0n) is 7.97. The van der Waals surface area contributed by atoms with Crippen LogP contribution < -0.4 is 5.32 Å². The van der Waals surface area contributed by atoms with E-state index in [1.807, 2.05) is 0 Å². The van der Waals surface area contributed by atoms with Crippen LogP contribution in [0, 0.1) is 10.1 Å². The summed E-state index contributed by atoms with van der Waals surface area (Å²) >= 11 is 0. The summed E-state index contributed by atoms with van der Waals surface area (Å²) in [7, 11) is 0. The fourth-order valence-corrected chi connectivity index (χ4v) is 1.85. The van der Waals surface area contributed by atoms with E-state index in [4.69, 9.17) is 0 Å². The number of hydrogen-bond donors (Lipinski definition) is 1. The summed E-state index contributed by atoms with van der Waals surface area (Å²) in [5, 5.41) is 13.3. The van der Waals surface area contributed by atoms with Crippen molar-refractivity contribution in [2.24, 2.45) is 0 Å². The van der Waals surface area contributed by atoms with Crippen LogP contribution in [0.5, 0.6) is 0 Å². The summed E-state index contributed by atoms with van der Waals surface area (Å²) < 4.78 is 38.2. The summed E-state index contributed by atoms with van der Waals surface area (Å²) in [5.74, 6) is 0. The normalized spacial score (nSPS) is 14.4. The molecule has 0 aliphatic carbocycles. The van der Waals surface area contributed by atoms with Gasteiger partial charge in [-0.2, -0.15) is 13.2 Å². The molecule has 16 heavy (non-hydrogen) atoms. The van der Waals surface area contributed by atoms with Gasteiger partial charge in [-0.1, -0.05) is 0 Å². The van der Waals surface area contributed by atoms with Crippen LogP contribution in [0.1, 0.15) is 11.1 Å². The predicted octanol–water partition coefficient (Wildman–Crippen LogP) is 2.58. The first-order chi connectivity index (χ1) is 7.41. The zero-order chi connectivity index (χ0) is 11.9. The SMILES string of the molecule is O=[N+]([O-])c1ccc2c(c1C(F)(F)F)CCN2. The highest BCUT2D eigenvalue weighted by atomic mass is 19.4. The van der Waals surface area contributed by atoms with Gasteiger partial charge in [0.05, 0.1) is 4.92 Å². The largest absolute Gasteiger partial charge is 0.423 e. The number of rotatable bonds is 1. The van der Waals surface area contributed by atoms with Crippen molar-refractivity contribution in [1.82, 2.24) is 0 Å². The third kappa shape index (κ3) is 1.58. The number of alkyl halides is 3. The molecule has 86 valence electrons. The van der Waals surface area contributed by atoms with Gasteiger partial charge in [0.25, 0.3) is 5.69 Å². The molecule has 1 heterocycles. The van der Waals surface area contributed by atoms with Crippen molar-refractivity contribution in [3.8, 4) is 0 Å². The topological polar surface area (TPSA) is 55.2 Å². The lowest BCUT2D eigenvalue weighted by Gasteiger charge is -2.11. The highest BCUT2D eigenvalue weighted by molar-refractivity contribution is 5.65. The van der Waals surface area contributed by atoms with Crippen LogP contribution in [0.15, 0.2) is 12.1 Å². The van der Waals surface area contributed by atoms with Gasteiger partial charge in [0.15, 0.2) is 0 Å². The molecule has 0 bridgehead atoms. The van der Waals surface area contributed by atoms with Gasteiger partial charge in [0.2, 0.25) is 0 Å². The van der Waals surface area contributed by atoms with E-state index >= 15 is 0 Å². The molecule has 0 aromatic heterocycles. The molecule has 0 atom stereocenters. The average Bonchev–Trinajstić information content (AvgIpc) is 2.61. The average molecular weight is 232 g/mol. The van der Waals surface area contributed by atoms with E-state index in [1.54, 1.807) is 0 Å². The van der Waals surface area contributed by atoms with E-state index in [-0.39, 0.29) is 12.0 Å². The van der Waals surface area contributed by atoms with E-state index in [9.17, 15) is 23.3 Å². The van der Waals surface area contributed by atoms with Crippen LogP contribution in [0.3, 0.4) is 0 Å². The maximum absolute atomic E-state index is 12.7. The molecule has 1 aromatic rings. The summed E-state index contributed by atoms with van der Waals surface area (Å²) in [6.07, 6.45) is -4.54. The minimum Gasteiger partial charge on any atom is -0.384 e. The fraction of sp³-hybridized carbons (Fsp3) is 0.333. The lowest BCUT2D eigenvalue weighted by Crippen LogP contribution is -2.12. The highest BCUT2D eigenvalue weighted by Gasteiger charge is 2.42. The zero-order valence-corrected chi connectivity index (χ0v) is 7.97. The van der Waals surface area contributed by atoms with Gasteiger partial charge >= 0.3 is 6.18 Å². The summed E-state index contributed by atoms with van der Waals surface area (Å²) in [5.41, 5.74) is -1.69. The van der Waals surface area contributed by atoms with E-state index in [0.29, 0.717) is 12.2 Å². The number of fused-ring (bicyclic) bond motifs is 1. The van der Waals surface area contributed by atoms with Crippen molar-refractivity contribution in [2.75, 3.05) is 11.9 Å². The second-order valence-corrected chi connectivity index (χ2v) is 3.42. The number of nitrogens with one attached hydrogen (secondary N) is 1. The van der Waals surface area contributed by atoms with Crippen LogP contribution in [0.2, 0.25) is 0 Å². The first-order valence-corrected chi connectivity index (χ1v) is 4.52. The van der Waals surface area contributed by atoms with E-state index < -0.39 is 22.4 Å². The molecule has 2 rings (SSSR count). The van der Waals surface area contributed by atoms with Crippen molar-refractivity contribution in [3.05, 3.63) is 33.4 Å². The van der Waals surface area contributed by atoms with Crippen molar-refractivity contribution >= 4 is 11.4 Å². The van der Waals surface area contributed by atoms with E-state index in [0.717, 1.165) is 6.07 Å². The fourth-order valence-electron chi connectivity index (χ4n) is 1.85. The molecule has 1 N–H and O–H groups in total. The van der Waals surface area contributed by atoms with Crippen LogP contribution >= 0.6 is 0 Å². The number of nitro groups is 1. The standard InChI is InChI=1S/C9H7F3N2O2/c10-9(11,12)8-5-3-4-13-6(5)1-2-7(8)14(15)16/h1-2,13H,3-4H2. The molecular formula is C9H7F3N2O2. The molecule has 0 amide bonds. The molecule has 0 spiro atoms. The minimum atomic E-state index is -4.69. The van der Waals surface area contributed by atoms with Gasteiger partial charge < -0.3 is 5.32 Å². The number of benzene rings is 1. The highest BCUT2D eigenvalue weighted by Crippen LogP contribution is 2.42. The first kappa shape index (κ1) is 10.7. The Labute approximate surface area is 88.2 Å². The molecule has 0 unspecified atom stereocenters. The molecule has 0 saturated heterocycles. The van der Waals surface area contributed by atoms with Gasteiger partial charge in [0.1, 0.15) is 5.56 Å². The Bertz CT molecular complexity index is 457. The van der Waals surface area contributed by atoms with Crippen LogP contribution in [0.25, 0.3) is 0 Å². The number of nitrogens with zero attached hydrogens (tertiary/aromatic N) is 1. The van der Waals surface area contributed by atoms with E-state index in [2.05, 4.69) is 5.32 Å². The minimum absolute atomic E-state index is 0.0123. The molecular weight excluding hydrogens is 225 g/mol. The molecule has 0 saturated carbocycles. The number of nitro benzene ring substituents is 1. The Kier molecular flexibility index (Phi) is 2.25. The van der Waals surface area contributed by atoms with Crippen LogP contribution in [-0.4, -0.2) is 11.5 Å². The molecule has 0 fully saturated rings. The molecule has 0 radical (unpaired) electrons. The monoisotopic (exact) mass is 232 g/mol. The van der Waals surface area contributed by atoms with Gasteiger partial charge in [-0.25, -0.2) is 0 Å². The second kappa shape index (κ2) is 3.36. The molecule has 1 aliphatic rings. The Morgan fingerprint density at radius 3 is 2.62 bits per heavy atom. The number of halogens is 3. The maximum Gasteiger partial charge on any atom is 0.423 e. The van der Waals surface area contributed by atoms with Crippen LogP contribution in [0.4, 0.5) is 24.5 Å². The Morgan fingerprint density at radius 2 is 2.06 bits per heavy atom. The molecule has 7 heteroatoms. The van der Waals surface area contributed by atoms with Crippen molar-refractivity contribution in [1.29, 1.82) is 0 Å². The van der Waals surface area contributed by atoms with E-state index in [1.165, 1.54) is 6.07 Å². The van der Waals surface area contributed by atoms with Gasteiger partial charge in [-0.05, 0) is 18.1 Å². The van der Waals surface area contributed by atoms with Gasteiger partial charge in [-0.3, -0.25) is 10.1 Å². The maximum atomic E-state index is 12.7. The summed E-state index contributed by atoms with van der Waals surface area (Å²) in [4.78, 5) is 9.55. The number of anilines is 1. The lowest BCUT2D eigenvalue weighted by atomic mass is 10.0. The second-order valence-electron chi connectivity index (χ2n) is 3.42. The Balaban J connectivity index is 2.70. The van der Waals surface area contributed by atoms with Crippen molar-refractivity contribution in [3.63, 3.8) is 0 Å². The molecule has 1 aliphatic heterocycles. The summed E-state index contributed by atoms with van der Waals surface area (Å²) in [6.45, 7) is 0.375. The molecule has 4 nitrogen and oxygen atoms in total. The molecule has 1 aromatic carbocycles. The van der Waals surface area contributed by atoms with Crippen molar-refractivity contribution in [2.45, 2.75) is 12.6 Å². The summed E-state index contributed by atoms with van der Waals surface area (Å²) in [6, 6.07) is 2.20. The smallest absolute Gasteiger partial charge is 0.384 e. The Hall–Kier alpha value is -1.79. The lowest BCUT2D eigenvalue weighted by molar-refractivity contribution is -0.388. The van der Waals surface area contributed by atoms with Gasteiger partial charge in [0, 0.05) is 18.3 Å².